The van der Waals surface area contributed by atoms with Crippen molar-refractivity contribution in [3.05, 3.63) is 50.5 Å². The second kappa shape index (κ2) is 4.47. The highest BCUT2D eigenvalue weighted by Gasteiger charge is 2.04. The number of nitrogens with one attached hydrogen (secondary N) is 1. The fourth-order valence-electron chi connectivity index (χ4n) is 1.98. The van der Waals surface area contributed by atoms with Gasteiger partial charge >= 0.3 is 0 Å². The normalized spacial score (nSPS) is 12.2. The Morgan fingerprint density at radius 1 is 1.26 bits per heavy atom. The lowest BCUT2D eigenvalue weighted by molar-refractivity contribution is 0.932. The molecule has 1 aromatic carbocycles. The molecule has 0 saturated carbocycles. The van der Waals surface area contributed by atoms with Crippen LogP contribution in [0.2, 0.25) is 0 Å². The standard InChI is InChI=1S/C13H12N4OS/c1-8-3-9(2)5-10(4-8)14-6-11-12(18)17-13(19-11)15-7-16-17/h3-7,14H,1-2H3/b11-6-. The summed E-state index contributed by atoms with van der Waals surface area (Å²) in [4.78, 5) is 16.6. The van der Waals surface area contributed by atoms with E-state index in [1.807, 2.05) is 26.0 Å². The van der Waals surface area contributed by atoms with E-state index >= 15 is 0 Å². The van der Waals surface area contributed by atoms with Gasteiger partial charge in [0.15, 0.2) is 0 Å². The summed E-state index contributed by atoms with van der Waals surface area (Å²) in [5, 5.41) is 7.03. The molecule has 0 aliphatic rings. The Kier molecular flexibility index (Phi) is 2.79. The maximum Gasteiger partial charge on any atom is 0.292 e. The summed E-state index contributed by atoms with van der Waals surface area (Å²) >= 11 is 1.32. The smallest absolute Gasteiger partial charge is 0.292 e. The number of hydrogen-bond donors (Lipinski definition) is 1. The largest absolute Gasteiger partial charge is 0.360 e. The highest BCUT2D eigenvalue weighted by Crippen LogP contribution is 2.13. The van der Waals surface area contributed by atoms with Crippen LogP contribution >= 0.6 is 11.3 Å². The van der Waals surface area contributed by atoms with Crippen LogP contribution in [0.25, 0.3) is 11.2 Å². The minimum absolute atomic E-state index is 0.144. The van der Waals surface area contributed by atoms with Crippen molar-refractivity contribution < 1.29 is 0 Å². The van der Waals surface area contributed by atoms with Crippen LogP contribution in [0.15, 0.2) is 29.3 Å². The highest BCUT2D eigenvalue weighted by molar-refractivity contribution is 7.15. The molecule has 0 radical (unpaired) electrons. The molecule has 0 saturated heterocycles. The van der Waals surface area contributed by atoms with Gasteiger partial charge < -0.3 is 5.32 Å². The predicted octanol–water partition coefficient (Wildman–Crippen LogP) is 1.34. The summed E-state index contributed by atoms with van der Waals surface area (Å²) in [6.45, 7) is 4.08. The molecule has 6 heteroatoms. The average molecular weight is 272 g/mol. The average Bonchev–Trinajstić information content (AvgIpc) is 2.89. The van der Waals surface area contributed by atoms with E-state index in [1.54, 1.807) is 6.20 Å². The van der Waals surface area contributed by atoms with Crippen molar-refractivity contribution in [2.24, 2.45) is 0 Å². The third-order valence-corrected chi connectivity index (χ3v) is 3.69. The fourth-order valence-corrected chi connectivity index (χ4v) is 2.79. The molecule has 2 aromatic heterocycles. The van der Waals surface area contributed by atoms with Crippen LogP contribution in [0.4, 0.5) is 5.69 Å². The minimum Gasteiger partial charge on any atom is -0.360 e. The molecule has 1 N–H and O–H groups in total. The maximum atomic E-state index is 11.9. The van der Waals surface area contributed by atoms with Gasteiger partial charge in [-0.2, -0.15) is 9.61 Å². The summed E-state index contributed by atoms with van der Waals surface area (Å²) in [6, 6.07) is 6.17. The Morgan fingerprint density at radius 3 is 2.68 bits per heavy atom. The highest BCUT2D eigenvalue weighted by atomic mass is 32.1. The second-order valence-electron chi connectivity index (χ2n) is 4.39. The number of fused-ring (bicyclic) bond motifs is 1. The lowest BCUT2D eigenvalue weighted by Crippen LogP contribution is -2.24. The SMILES string of the molecule is Cc1cc(C)cc(N/C=c2\sc3ncnn3c2=O)c1. The van der Waals surface area contributed by atoms with Gasteiger partial charge in [-0.1, -0.05) is 17.4 Å². The number of aryl methyl sites for hydroxylation is 2. The van der Waals surface area contributed by atoms with E-state index in [0.717, 1.165) is 5.69 Å². The summed E-state index contributed by atoms with van der Waals surface area (Å²) in [5.74, 6) is 0. The first kappa shape index (κ1) is 11.9. The topological polar surface area (TPSA) is 59.3 Å². The Labute approximate surface area is 113 Å². The molecular formula is C13H12N4OS. The zero-order chi connectivity index (χ0) is 13.4. The number of benzene rings is 1. The molecule has 0 fully saturated rings. The van der Waals surface area contributed by atoms with E-state index in [9.17, 15) is 4.79 Å². The van der Waals surface area contributed by atoms with Crippen molar-refractivity contribution in [1.29, 1.82) is 0 Å². The molecule has 0 unspecified atom stereocenters. The van der Waals surface area contributed by atoms with E-state index in [0.29, 0.717) is 9.49 Å². The van der Waals surface area contributed by atoms with Crippen molar-refractivity contribution >= 4 is 28.2 Å². The van der Waals surface area contributed by atoms with Crippen LogP contribution in [0.1, 0.15) is 11.1 Å². The van der Waals surface area contributed by atoms with Crippen molar-refractivity contribution in [3.8, 4) is 0 Å². The van der Waals surface area contributed by atoms with Crippen molar-refractivity contribution in [2.75, 3.05) is 5.32 Å². The van der Waals surface area contributed by atoms with Gasteiger partial charge in [0.05, 0.1) is 0 Å². The van der Waals surface area contributed by atoms with Gasteiger partial charge in [0.2, 0.25) is 4.96 Å². The third-order valence-electron chi connectivity index (χ3n) is 2.71. The molecule has 5 nitrogen and oxygen atoms in total. The number of aromatic nitrogens is 3. The van der Waals surface area contributed by atoms with Crippen LogP contribution < -0.4 is 15.4 Å². The lowest BCUT2D eigenvalue weighted by Gasteiger charge is -2.03. The number of nitrogens with zero attached hydrogens (tertiary/aromatic N) is 3. The Balaban J connectivity index is 2.00. The van der Waals surface area contributed by atoms with E-state index in [1.165, 1.54) is 33.3 Å². The fraction of sp³-hybridized carbons (Fsp3) is 0.154. The molecule has 0 aliphatic carbocycles. The Morgan fingerprint density at radius 2 is 2.00 bits per heavy atom. The van der Waals surface area contributed by atoms with E-state index in [-0.39, 0.29) is 5.56 Å². The zero-order valence-electron chi connectivity index (χ0n) is 10.5. The maximum absolute atomic E-state index is 11.9. The lowest BCUT2D eigenvalue weighted by atomic mass is 10.1. The van der Waals surface area contributed by atoms with Crippen LogP contribution in [-0.4, -0.2) is 14.6 Å². The van der Waals surface area contributed by atoms with Gasteiger partial charge in [0, 0.05) is 11.9 Å². The second-order valence-corrected chi connectivity index (χ2v) is 5.40. The molecule has 0 atom stereocenters. The molecule has 0 aliphatic heterocycles. The van der Waals surface area contributed by atoms with Crippen LogP contribution in [0, 0.1) is 13.8 Å². The molecule has 96 valence electrons. The van der Waals surface area contributed by atoms with E-state index in [2.05, 4.69) is 21.5 Å². The van der Waals surface area contributed by atoms with Gasteiger partial charge in [0.25, 0.3) is 5.56 Å². The zero-order valence-corrected chi connectivity index (χ0v) is 11.4. The van der Waals surface area contributed by atoms with Crippen LogP contribution in [0.3, 0.4) is 0 Å². The van der Waals surface area contributed by atoms with Gasteiger partial charge in [0.1, 0.15) is 10.9 Å². The first-order valence-electron chi connectivity index (χ1n) is 5.81. The number of rotatable bonds is 2. The van der Waals surface area contributed by atoms with Crippen molar-refractivity contribution in [1.82, 2.24) is 14.6 Å². The van der Waals surface area contributed by atoms with Crippen LogP contribution in [-0.2, 0) is 0 Å². The van der Waals surface area contributed by atoms with Gasteiger partial charge in [-0.15, -0.1) is 0 Å². The van der Waals surface area contributed by atoms with Crippen molar-refractivity contribution in [3.63, 3.8) is 0 Å². The van der Waals surface area contributed by atoms with Gasteiger partial charge in [-0.05, 0) is 37.1 Å². The van der Waals surface area contributed by atoms with E-state index in [4.69, 9.17) is 0 Å². The molecular weight excluding hydrogens is 260 g/mol. The summed E-state index contributed by atoms with van der Waals surface area (Å²) in [5.41, 5.74) is 3.19. The molecule has 3 rings (SSSR count). The Hall–Kier alpha value is -2.21. The van der Waals surface area contributed by atoms with Crippen LogP contribution in [0.5, 0.6) is 0 Å². The number of hydrogen-bond acceptors (Lipinski definition) is 5. The molecule has 19 heavy (non-hydrogen) atoms. The molecule has 2 heterocycles. The summed E-state index contributed by atoms with van der Waals surface area (Å²) in [6.07, 6.45) is 3.09. The molecule has 3 aromatic rings. The van der Waals surface area contributed by atoms with E-state index < -0.39 is 0 Å². The van der Waals surface area contributed by atoms with Gasteiger partial charge in [-0.25, -0.2) is 4.98 Å². The third kappa shape index (κ3) is 2.22. The minimum atomic E-state index is -0.144. The first-order valence-corrected chi connectivity index (χ1v) is 6.63. The van der Waals surface area contributed by atoms with Gasteiger partial charge in [-0.3, -0.25) is 4.79 Å². The monoisotopic (exact) mass is 272 g/mol. The first-order chi connectivity index (χ1) is 9.13. The molecule has 0 bridgehead atoms. The van der Waals surface area contributed by atoms with Crippen molar-refractivity contribution in [2.45, 2.75) is 13.8 Å². The number of thiazole rings is 1. The molecule has 0 spiro atoms. The summed E-state index contributed by atoms with van der Waals surface area (Å²) in [7, 11) is 0. The summed E-state index contributed by atoms with van der Waals surface area (Å²) < 4.78 is 1.90. The predicted molar refractivity (Wildman–Crippen MR) is 76.4 cm³/mol. The molecule has 0 amide bonds. The quantitative estimate of drug-likeness (QED) is 0.764. The number of anilines is 1. The Bertz CT molecular complexity index is 829.